The molecule has 0 aliphatic heterocycles. The van der Waals surface area contributed by atoms with E-state index in [4.69, 9.17) is 21.8 Å². The predicted molar refractivity (Wildman–Crippen MR) is 73.4 cm³/mol. The number of aliphatic carboxylic acids is 1. The molecule has 118 valence electrons. The van der Waals surface area contributed by atoms with E-state index in [1.807, 2.05) is 4.72 Å². The van der Waals surface area contributed by atoms with Gasteiger partial charge in [0.05, 0.1) is 9.92 Å². The maximum absolute atomic E-state index is 12.0. The number of hydrogen-bond acceptors (Lipinski definition) is 6. The smallest absolute Gasteiger partial charge is 0.333 e. The van der Waals surface area contributed by atoms with Crippen molar-refractivity contribution in [2.24, 2.45) is 0 Å². The van der Waals surface area contributed by atoms with Crippen molar-refractivity contribution in [3.63, 3.8) is 0 Å². The number of aliphatic hydroxyl groups excluding tert-OH is 1. The van der Waals surface area contributed by atoms with Crippen LogP contribution in [0.5, 0.6) is 0 Å². The Morgan fingerprint density at radius 2 is 1.90 bits per heavy atom. The SMILES string of the molecule is CS(=O)(=O)c1ccc(Cl)c(S(=O)(=O)NCC(O)C(=O)O)c1. The highest BCUT2D eigenvalue weighted by Gasteiger charge is 2.23. The number of sulfone groups is 1. The predicted octanol–water partition coefficient (Wildman–Crippen LogP) is -0.533. The molecule has 0 bridgehead atoms. The van der Waals surface area contributed by atoms with E-state index < -0.39 is 43.4 Å². The fourth-order valence-electron chi connectivity index (χ4n) is 1.27. The summed E-state index contributed by atoms with van der Waals surface area (Å²) < 4.78 is 48.6. The number of sulfonamides is 1. The van der Waals surface area contributed by atoms with Gasteiger partial charge in [0.1, 0.15) is 4.90 Å². The first-order chi connectivity index (χ1) is 9.45. The number of carboxylic acid groups (broad SMARTS) is 1. The first-order valence-corrected chi connectivity index (χ1v) is 9.10. The second-order valence-electron chi connectivity index (χ2n) is 4.07. The Labute approximate surface area is 126 Å². The van der Waals surface area contributed by atoms with Crippen LogP contribution in [0.3, 0.4) is 0 Å². The lowest BCUT2D eigenvalue weighted by atomic mass is 10.4. The van der Waals surface area contributed by atoms with Gasteiger partial charge in [-0.3, -0.25) is 0 Å². The molecule has 0 saturated heterocycles. The number of carbonyl (C=O) groups is 1. The molecular formula is C10H12ClNO7S2. The highest BCUT2D eigenvalue weighted by atomic mass is 35.5. The van der Waals surface area contributed by atoms with E-state index in [9.17, 15) is 21.6 Å². The second kappa shape index (κ2) is 6.28. The van der Waals surface area contributed by atoms with E-state index in [-0.39, 0.29) is 9.92 Å². The van der Waals surface area contributed by atoms with Crippen molar-refractivity contribution < 1.29 is 31.8 Å². The van der Waals surface area contributed by atoms with E-state index in [2.05, 4.69) is 0 Å². The summed E-state index contributed by atoms with van der Waals surface area (Å²) in [6, 6.07) is 3.09. The Morgan fingerprint density at radius 1 is 1.33 bits per heavy atom. The van der Waals surface area contributed by atoms with Gasteiger partial charge in [-0.15, -0.1) is 0 Å². The normalized spacial score (nSPS) is 13.9. The van der Waals surface area contributed by atoms with Crippen molar-refractivity contribution >= 4 is 37.4 Å². The molecule has 0 saturated carbocycles. The van der Waals surface area contributed by atoms with E-state index in [1.165, 1.54) is 0 Å². The molecule has 8 nitrogen and oxygen atoms in total. The molecule has 0 radical (unpaired) electrons. The molecule has 1 atom stereocenters. The molecule has 0 aliphatic rings. The zero-order valence-corrected chi connectivity index (χ0v) is 13.0. The standard InChI is InChI=1S/C10H12ClNO7S2/c1-20(16,17)6-2-3-7(11)9(4-6)21(18,19)12-5-8(13)10(14)15/h2-4,8,12-13H,5H2,1H3,(H,14,15). The number of aliphatic hydroxyl groups is 1. The summed E-state index contributed by atoms with van der Waals surface area (Å²) in [4.78, 5) is 9.63. The van der Waals surface area contributed by atoms with Gasteiger partial charge in [0.25, 0.3) is 0 Å². The lowest BCUT2D eigenvalue weighted by Crippen LogP contribution is -2.36. The second-order valence-corrected chi connectivity index (χ2v) is 8.23. The summed E-state index contributed by atoms with van der Waals surface area (Å²) in [5.74, 6) is -1.60. The summed E-state index contributed by atoms with van der Waals surface area (Å²) in [6.45, 7) is -0.781. The van der Waals surface area contributed by atoms with Crippen molar-refractivity contribution in [3.05, 3.63) is 23.2 Å². The third-order valence-electron chi connectivity index (χ3n) is 2.37. The van der Waals surface area contributed by atoms with Crippen LogP contribution in [0.25, 0.3) is 0 Å². The minimum absolute atomic E-state index is 0.236. The largest absolute Gasteiger partial charge is 0.479 e. The zero-order valence-electron chi connectivity index (χ0n) is 10.6. The Morgan fingerprint density at radius 3 is 2.38 bits per heavy atom. The Kier molecular flexibility index (Phi) is 5.34. The van der Waals surface area contributed by atoms with Crippen LogP contribution in [0.15, 0.2) is 28.0 Å². The third-order valence-corrected chi connectivity index (χ3v) is 5.39. The summed E-state index contributed by atoms with van der Waals surface area (Å²) in [7, 11) is -7.91. The molecule has 0 aliphatic carbocycles. The lowest BCUT2D eigenvalue weighted by molar-refractivity contribution is -0.146. The number of carboxylic acids is 1. The minimum atomic E-state index is -4.27. The van der Waals surface area contributed by atoms with E-state index in [1.54, 1.807) is 0 Å². The van der Waals surface area contributed by atoms with Gasteiger partial charge in [0, 0.05) is 12.8 Å². The van der Waals surface area contributed by atoms with Crippen LogP contribution in [-0.2, 0) is 24.7 Å². The Bertz CT molecular complexity index is 758. The molecule has 0 spiro atoms. The van der Waals surface area contributed by atoms with Gasteiger partial charge in [-0.25, -0.2) is 26.4 Å². The summed E-state index contributed by atoms with van der Waals surface area (Å²) in [5, 5.41) is 17.3. The highest BCUT2D eigenvalue weighted by Crippen LogP contribution is 2.24. The van der Waals surface area contributed by atoms with Crippen LogP contribution in [0.4, 0.5) is 0 Å². The molecule has 0 aromatic heterocycles. The molecule has 11 heteroatoms. The van der Waals surface area contributed by atoms with Gasteiger partial charge in [0.15, 0.2) is 15.9 Å². The molecule has 21 heavy (non-hydrogen) atoms. The van der Waals surface area contributed by atoms with Crippen molar-refractivity contribution in [1.82, 2.24) is 4.72 Å². The van der Waals surface area contributed by atoms with Gasteiger partial charge in [-0.2, -0.15) is 0 Å². The molecule has 3 N–H and O–H groups in total. The van der Waals surface area contributed by atoms with Crippen LogP contribution < -0.4 is 4.72 Å². The van der Waals surface area contributed by atoms with Crippen molar-refractivity contribution in [2.75, 3.05) is 12.8 Å². The van der Waals surface area contributed by atoms with Crippen LogP contribution >= 0.6 is 11.6 Å². The molecule has 1 aromatic carbocycles. The average molecular weight is 358 g/mol. The maximum atomic E-state index is 12.0. The molecule has 0 amide bonds. The maximum Gasteiger partial charge on any atom is 0.333 e. The molecule has 1 unspecified atom stereocenters. The van der Waals surface area contributed by atoms with Gasteiger partial charge in [-0.05, 0) is 18.2 Å². The van der Waals surface area contributed by atoms with Gasteiger partial charge >= 0.3 is 5.97 Å². The molecule has 0 heterocycles. The minimum Gasteiger partial charge on any atom is -0.479 e. The monoisotopic (exact) mass is 357 g/mol. The molecule has 0 fully saturated rings. The zero-order chi connectivity index (χ0) is 16.4. The van der Waals surface area contributed by atoms with E-state index in [0.717, 1.165) is 24.5 Å². The number of nitrogens with one attached hydrogen (secondary N) is 1. The number of hydrogen-bond donors (Lipinski definition) is 3. The van der Waals surface area contributed by atoms with Gasteiger partial charge in [0.2, 0.25) is 10.0 Å². The van der Waals surface area contributed by atoms with Crippen LogP contribution in [0.1, 0.15) is 0 Å². The molecule has 1 rings (SSSR count). The van der Waals surface area contributed by atoms with Crippen LogP contribution in [0.2, 0.25) is 5.02 Å². The quantitative estimate of drug-likeness (QED) is 0.622. The van der Waals surface area contributed by atoms with Gasteiger partial charge in [-0.1, -0.05) is 11.6 Å². The number of halogens is 1. The van der Waals surface area contributed by atoms with Crippen LogP contribution in [-0.4, -0.2) is 51.9 Å². The first-order valence-electron chi connectivity index (χ1n) is 5.35. The summed E-state index contributed by atoms with van der Waals surface area (Å²) in [5.41, 5.74) is 0. The van der Waals surface area contributed by atoms with E-state index in [0.29, 0.717) is 0 Å². The Hall–Kier alpha value is -1.20. The average Bonchev–Trinajstić information content (AvgIpc) is 2.34. The number of benzene rings is 1. The van der Waals surface area contributed by atoms with Gasteiger partial charge < -0.3 is 10.2 Å². The lowest BCUT2D eigenvalue weighted by Gasteiger charge is -2.11. The fraction of sp³-hybridized carbons (Fsp3) is 0.300. The molecular weight excluding hydrogens is 346 g/mol. The highest BCUT2D eigenvalue weighted by molar-refractivity contribution is 7.91. The first kappa shape index (κ1) is 17.9. The topological polar surface area (TPSA) is 138 Å². The summed E-state index contributed by atoms with van der Waals surface area (Å²) in [6.07, 6.45) is -1.04. The Balaban J connectivity index is 3.17. The van der Waals surface area contributed by atoms with E-state index >= 15 is 0 Å². The third kappa shape index (κ3) is 4.64. The van der Waals surface area contributed by atoms with Crippen molar-refractivity contribution in [1.29, 1.82) is 0 Å². The van der Waals surface area contributed by atoms with Crippen LogP contribution in [0, 0.1) is 0 Å². The van der Waals surface area contributed by atoms with Crippen molar-refractivity contribution in [3.8, 4) is 0 Å². The molecule has 1 aromatic rings. The summed E-state index contributed by atoms with van der Waals surface area (Å²) >= 11 is 5.72. The van der Waals surface area contributed by atoms with Crippen molar-refractivity contribution in [2.45, 2.75) is 15.9 Å². The fourth-order valence-corrected chi connectivity index (χ4v) is 3.56. The number of rotatable bonds is 6.